The summed E-state index contributed by atoms with van der Waals surface area (Å²) in [6.07, 6.45) is 0. The molecule has 3 atom stereocenters. The van der Waals surface area contributed by atoms with E-state index in [0.29, 0.717) is 21.4 Å². The lowest BCUT2D eigenvalue weighted by Crippen LogP contribution is -2.53. The van der Waals surface area contributed by atoms with E-state index in [2.05, 4.69) is 10.2 Å². The minimum absolute atomic E-state index is 0.206. The average Bonchev–Trinajstić information content (AvgIpc) is 3.15. The van der Waals surface area contributed by atoms with Crippen LogP contribution < -0.4 is 10.0 Å². The molecule has 0 unspecified atom stereocenters. The van der Waals surface area contributed by atoms with Crippen LogP contribution in [-0.4, -0.2) is 33.5 Å². The number of anilines is 2. The Morgan fingerprint density at radius 2 is 1.39 bits per heavy atom. The van der Waals surface area contributed by atoms with Crippen molar-refractivity contribution in [3.05, 3.63) is 56.5 Å². The van der Waals surface area contributed by atoms with Crippen LogP contribution in [-0.2, 0) is 9.59 Å². The lowest BCUT2D eigenvalue weighted by molar-refractivity contribution is -0.121. The SMILES string of the molecule is CC1=NN(c2ccc(Cl)cc2Cl)C(=O)[C@H]1[C@H](Cl)[C@@]1(Cl)C(=O)N(c2ccc(Cl)cc2Cl)N=C1C. The van der Waals surface area contributed by atoms with Gasteiger partial charge in [-0.05, 0) is 50.2 Å². The summed E-state index contributed by atoms with van der Waals surface area (Å²) >= 11 is 38.0. The second-order valence-electron chi connectivity index (χ2n) is 7.48. The molecule has 0 aromatic heterocycles. The number of carbonyl (C=O) groups is 2. The molecular formula is C21H14Cl6N4O2. The van der Waals surface area contributed by atoms with Crippen LogP contribution in [0.1, 0.15) is 13.8 Å². The Balaban J connectivity index is 1.67. The van der Waals surface area contributed by atoms with E-state index in [1.165, 1.54) is 12.1 Å². The summed E-state index contributed by atoms with van der Waals surface area (Å²) in [5.41, 5.74) is 1.20. The van der Waals surface area contributed by atoms with Gasteiger partial charge in [-0.3, -0.25) is 9.59 Å². The predicted molar refractivity (Wildman–Crippen MR) is 136 cm³/mol. The third-order valence-corrected chi connectivity index (χ3v) is 7.85. The highest BCUT2D eigenvalue weighted by Crippen LogP contribution is 2.44. The fraction of sp³-hybridized carbons (Fsp3) is 0.238. The van der Waals surface area contributed by atoms with Gasteiger partial charge in [0.2, 0.25) is 0 Å². The fourth-order valence-electron chi connectivity index (χ4n) is 3.68. The second kappa shape index (κ2) is 8.91. The first-order chi connectivity index (χ1) is 15.5. The number of carbonyl (C=O) groups excluding carboxylic acids is 2. The predicted octanol–water partition coefficient (Wildman–Crippen LogP) is 6.65. The first-order valence-electron chi connectivity index (χ1n) is 9.49. The highest BCUT2D eigenvalue weighted by Gasteiger charge is 2.59. The topological polar surface area (TPSA) is 65.3 Å². The van der Waals surface area contributed by atoms with E-state index in [4.69, 9.17) is 69.6 Å². The molecule has 4 rings (SSSR count). The summed E-state index contributed by atoms with van der Waals surface area (Å²) in [7, 11) is 0. The van der Waals surface area contributed by atoms with Gasteiger partial charge in [-0.15, -0.1) is 23.2 Å². The van der Waals surface area contributed by atoms with Crippen LogP contribution in [0.15, 0.2) is 46.6 Å². The van der Waals surface area contributed by atoms with Gasteiger partial charge in [0.25, 0.3) is 11.8 Å². The Morgan fingerprint density at radius 1 is 0.879 bits per heavy atom. The zero-order chi connectivity index (χ0) is 24.2. The van der Waals surface area contributed by atoms with Crippen molar-refractivity contribution in [3.63, 3.8) is 0 Å². The molecule has 0 radical (unpaired) electrons. The number of alkyl halides is 2. The number of benzene rings is 2. The zero-order valence-electron chi connectivity index (χ0n) is 17.0. The third kappa shape index (κ3) is 4.01. The molecule has 2 aliphatic rings. The minimum atomic E-state index is -1.82. The highest BCUT2D eigenvalue weighted by molar-refractivity contribution is 6.56. The molecule has 2 heterocycles. The van der Waals surface area contributed by atoms with Gasteiger partial charge >= 0.3 is 0 Å². The summed E-state index contributed by atoms with van der Waals surface area (Å²) < 4.78 is 0. The van der Waals surface area contributed by atoms with Crippen LogP contribution in [0.25, 0.3) is 0 Å². The maximum atomic E-state index is 13.4. The van der Waals surface area contributed by atoms with E-state index >= 15 is 0 Å². The van der Waals surface area contributed by atoms with Gasteiger partial charge < -0.3 is 0 Å². The van der Waals surface area contributed by atoms with E-state index in [0.717, 1.165) is 10.0 Å². The molecule has 0 bridgehead atoms. The van der Waals surface area contributed by atoms with E-state index in [1.54, 1.807) is 38.1 Å². The second-order valence-corrected chi connectivity index (χ2v) is 10.2. The largest absolute Gasteiger partial charge is 0.276 e. The lowest BCUT2D eigenvalue weighted by Gasteiger charge is -2.29. The molecule has 0 fully saturated rings. The van der Waals surface area contributed by atoms with E-state index in [-0.39, 0.29) is 21.4 Å². The van der Waals surface area contributed by atoms with Crippen molar-refractivity contribution in [3.8, 4) is 0 Å². The number of amides is 2. The molecule has 172 valence electrons. The Morgan fingerprint density at radius 3 is 1.91 bits per heavy atom. The Labute approximate surface area is 219 Å². The van der Waals surface area contributed by atoms with Gasteiger partial charge in [0.05, 0.1) is 44.1 Å². The van der Waals surface area contributed by atoms with Crippen LogP contribution in [0.2, 0.25) is 20.1 Å². The Bertz CT molecular complexity index is 1250. The Hall–Kier alpha value is -1.54. The zero-order valence-corrected chi connectivity index (χ0v) is 21.5. The van der Waals surface area contributed by atoms with E-state index in [1.807, 2.05) is 0 Å². The van der Waals surface area contributed by atoms with Crippen molar-refractivity contribution in [2.75, 3.05) is 10.0 Å². The van der Waals surface area contributed by atoms with Crippen LogP contribution >= 0.6 is 69.6 Å². The Kier molecular flexibility index (Phi) is 6.64. The normalized spacial score (nSPS) is 23.8. The van der Waals surface area contributed by atoms with Crippen LogP contribution in [0.3, 0.4) is 0 Å². The summed E-state index contributed by atoms with van der Waals surface area (Å²) in [5.74, 6) is -2.14. The van der Waals surface area contributed by atoms with E-state index in [9.17, 15) is 9.59 Å². The number of rotatable bonds is 4. The molecule has 0 N–H and O–H groups in total. The molecule has 0 aliphatic carbocycles. The van der Waals surface area contributed by atoms with Crippen molar-refractivity contribution in [1.82, 2.24) is 0 Å². The van der Waals surface area contributed by atoms with Crippen molar-refractivity contribution in [1.29, 1.82) is 0 Å². The van der Waals surface area contributed by atoms with Crippen molar-refractivity contribution in [2.45, 2.75) is 24.1 Å². The molecule has 33 heavy (non-hydrogen) atoms. The standard InChI is InChI=1S/C21H14Cl6N4O2/c1-9-17(19(32)30(28-9)15-5-3-11(22)7-13(15)24)18(26)21(27)10(2)29-31(20(21)33)16-6-4-12(23)8-14(16)25/h3-8,17-18H,1-2H3/t17-,18+,21-/m1/s1. The summed E-state index contributed by atoms with van der Waals surface area (Å²) in [5, 5.41) is 10.8. The highest BCUT2D eigenvalue weighted by atomic mass is 35.5. The molecule has 0 saturated heterocycles. The van der Waals surface area contributed by atoms with Gasteiger partial charge in [-0.2, -0.15) is 20.2 Å². The monoisotopic (exact) mass is 564 g/mol. The molecule has 2 aliphatic heterocycles. The molecule has 2 aromatic carbocycles. The number of hydrogen-bond donors (Lipinski definition) is 0. The molecule has 0 saturated carbocycles. The summed E-state index contributed by atoms with van der Waals surface area (Å²) in [4.78, 5) is 24.9. The average molecular weight is 567 g/mol. The maximum Gasteiger partial charge on any atom is 0.276 e. The first kappa shape index (κ1) is 24.6. The van der Waals surface area contributed by atoms with Crippen molar-refractivity contribution in [2.24, 2.45) is 16.1 Å². The van der Waals surface area contributed by atoms with Gasteiger partial charge in [-0.1, -0.05) is 46.4 Å². The fourth-order valence-corrected chi connectivity index (χ4v) is 5.45. The van der Waals surface area contributed by atoms with Gasteiger partial charge in [0.15, 0.2) is 4.87 Å². The minimum Gasteiger partial charge on any atom is -0.272 e. The van der Waals surface area contributed by atoms with Crippen molar-refractivity contribution < 1.29 is 9.59 Å². The van der Waals surface area contributed by atoms with Crippen LogP contribution in [0, 0.1) is 5.92 Å². The smallest absolute Gasteiger partial charge is 0.272 e. The first-order valence-corrected chi connectivity index (χ1v) is 11.8. The van der Waals surface area contributed by atoms with Gasteiger partial charge in [0, 0.05) is 10.0 Å². The molecule has 2 amide bonds. The number of hydrazone groups is 2. The van der Waals surface area contributed by atoms with Gasteiger partial charge in [-0.25, -0.2) is 0 Å². The van der Waals surface area contributed by atoms with E-state index < -0.39 is 28.0 Å². The van der Waals surface area contributed by atoms with Gasteiger partial charge in [0.1, 0.15) is 0 Å². The van der Waals surface area contributed by atoms with Crippen LogP contribution in [0.5, 0.6) is 0 Å². The maximum absolute atomic E-state index is 13.4. The molecule has 2 aromatic rings. The molecule has 0 spiro atoms. The summed E-state index contributed by atoms with van der Waals surface area (Å²) in [6, 6.07) is 9.24. The summed E-state index contributed by atoms with van der Waals surface area (Å²) in [6.45, 7) is 3.19. The number of hydrogen-bond acceptors (Lipinski definition) is 4. The number of nitrogens with zero attached hydrogens (tertiary/aromatic N) is 4. The lowest BCUT2D eigenvalue weighted by atomic mass is 9.87. The van der Waals surface area contributed by atoms with Crippen molar-refractivity contribution >= 4 is 104 Å². The molecular weight excluding hydrogens is 553 g/mol. The molecule has 12 heteroatoms. The third-order valence-electron chi connectivity index (χ3n) is 5.41. The molecule has 6 nitrogen and oxygen atoms in total. The van der Waals surface area contributed by atoms with Crippen LogP contribution in [0.4, 0.5) is 11.4 Å². The number of halogens is 6. The quantitative estimate of drug-likeness (QED) is 0.389.